The predicted octanol–water partition coefficient (Wildman–Crippen LogP) is 2.27. The van der Waals surface area contributed by atoms with Gasteiger partial charge in [0, 0.05) is 22.2 Å². The maximum atomic E-state index is 11.6. The van der Waals surface area contributed by atoms with Crippen LogP contribution in [0.2, 0.25) is 0 Å². The number of rotatable bonds is 13. The van der Waals surface area contributed by atoms with Crippen LogP contribution in [-0.4, -0.2) is 53.0 Å². The Hall–Kier alpha value is -0.540. The second kappa shape index (κ2) is 12.8. The van der Waals surface area contributed by atoms with E-state index in [-0.39, 0.29) is 32.5 Å². The Morgan fingerprint density at radius 3 is 1.83 bits per heavy atom. The molecule has 0 spiro atoms. The van der Waals surface area contributed by atoms with Crippen molar-refractivity contribution in [3.05, 3.63) is 0 Å². The minimum absolute atomic E-state index is 0.0426. The van der Waals surface area contributed by atoms with Crippen molar-refractivity contribution in [1.82, 2.24) is 0 Å². The van der Waals surface area contributed by atoms with E-state index in [1.165, 1.54) is 0 Å². The molecule has 0 aromatic rings. The summed E-state index contributed by atoms with van der Waals surface area (Å²) >= 11 is 12.3. The molecule has 1 atom stereocenters. The van der Waals surface area contributed by atoms with Crippen molar-refractivity contribution in [1.29, 1.82) is 0 Å². The number of carboxylic acid groups (broad SMARTS) is 1. The third-order valence-electron chi connectivity index (χ3n) is 3.54. The summed E-state index contributed by atoms with van der Waals surface area (Å²) in [5, 5.41) is 8.46. The quantitative estimate of drug-likeness (QED) is 0.281. The van der Waals surface area contributed by atoms with Gasteiger partial charge in [-0.3, -0.25) is 14.4 Å². The van der Waals surface area contributed by atoms with E-state index in [0.717, 1.165) is 0 Å². The van der Waals surface area contributed by atoms with E-state index in [0.29, 0.717) is 24.3 Å². The molecule has 6 nitrogen and oxygen atoms in total. The Labute approximate surface area is 159 Å². The summed E-state index contributed by atoms with van der Waals surface area (Å²) in [5.74, 6) is -0.984. The molecule has 0 radical (unpaired) electrons. The molecule has 0 aliphatic rings. The second-order valence-corrected chi connectivity index (χ2v) is 7.20. The number of aliphatic carboxylic acids is 1. The molecule has 0 saturated carbocycles. The zero-order valence-electron chi connectivity index (χ0n) is 13.8. The number of carbonyl (C=O) groups is 3. The molecule has 0 bridgehead atoms. The molecular weight excluding hydrogens is 372 g/mol. The van der Waals surface area contributed by atoms with Gasteiger partial charge in [0.2, 0.25) is 0 Å². The summed E-state index contributed by atoms with van der Waals surface area (Å²) in [6, 6.07) is 0. The Kier molecular flexibility index (Phi) is 12.5. The van der Waals surface area contributed by atoms with Gasteiger partial charge in [-0.15, -0.1) is 0 Å². The molecule has 0 aliphatic heterocycles. The van der Waals surface area contributed by atoms with Crippen LogP contribution in [0.5, 0.6) is 0 Å². The van der Waals surface area contributed by atoms with Gasteiger partial charge in [0.1, 0.15) is 13.2 Å². The minimum atomic E-state index is -0.959. The number of esters is 2. The Morgan fingerprint density at radius 2 is 1.50 bits per heavy atom. The van der Waals surface area contributed by atoms with E-state index in [9.17, 15) is 14.4 Å². The number of thiol groups is 3. The SMILES string of the molecule is CCC(COC(=O)CCS)(COC(=O)CCS)CC(S)CC(=O)O. The van der Waals surface area contributed by atoms with Crippen molar-refractivity contribution >= 4 is 55.8 Å². The van der Waals surface area contributed by atoms with Gasteiger partial charge in [0.25, 0.3) is 0 Å². The number of ether oxygens (including phenoxy) is 2. The van der Waals surface area contributed by atoms with Crippen molar-refractivity contribution < 1.29 is 29.0 Å². The topological polar surface area (TPSA) is 89.9 Å². The molecule has 0 rings (SSSR count). The van der Waals surface area contributed by atoms with Crippen LogP contribution in [0.1, 0.15) is 39.0 Å². The molecule has 24 heavy (non-hydrogen) atoms. The number of hydrogen-bond acceptors (Lipinski definition) is 8. The van der Waals surface area contributed by atoms with E-state index < -0.39 is 28.6 Å². The summed E-state index contributed by atoms with van der Waals surface area (Å²) in [4.78, 5) is 34.1. The Bertz CT molecular complexity index is 394. The van der Waals surface area contributed by atoms with Crippen molar-refractivity contribution in [2.24, 2.45) is 5.41 Å². The van der Waals surface area contributed by atoms with Crippen LogP contribution >= 0.6 is 37.9 Å². The van der Waals surface area contributed by atoms with Crippen LogP contribution in [0, 0.1) is 5.41 Å². The van der Waals surface area contributed by atoms with Crippen molar-refractivity contribution in [2.45, 2.75) is 44.3 Å². The normalized spacial score (nSPS) is 12.5. The fourth-order valence-electron chi connectivity index (χ4n) is 2.08. The average Bonchev–Trinajstić information content (AvgIpc) is 2.50. The molecule has 0 fully saturated rings. The molecular formula is C15H26O6S3. The molecule has 0 heterocycles. The first-order chi connectivity index (χ1) is 11.3. The van der Waals surface area contributed by atoms with E-state index in [1.807, 2.05) is 6.92 Å². The zero-order valence-corrected chi connectivity index (χ0v) is 16.5. The molecule has 9 heteroatoms. The molecule has 0 aliphatic carbocycles. The highest BCUT2D eigenvalue weighted by molar-refractivity contribution is 7.81. The lowest BCUT2D eigenvalue weighted by atomic mass is 9.81. The Balaban J connectivity index is 4.94. The lowest BCUT2D eigenvalue weighted by Gasteiger charge is -2.33. The van der Waals surface area contributed by atoms with Crippen molar-refractivity contribution in [2.75, 3.05) is 24.7 Å². The summed E-state index contributed by atoms with van der Waals surface area (Å²) in [5.41, 5.74) is -0.666. The van der Waals surface area contributed by atoms with E-state index in [4.69, 9.17) is 14.6 Å². The van der Waals surface area contributed by atoms with Gasteiger partial charge >= 0.3 is 17.9 Å². The van der Waals surface area contributed by atoms with Gasteiger partial charge in [-0.25, -0.2) is 0 Å². The third kappa shape index (κ3) is 10.4. The maximum absolute atomic E-state index is 11.6. The summed E-state index contributed by atoms with van der Waals surface area (Å²) < 4.78 is 10.5. The second-order valence-electron chi connectivity index (χ2n) is 5.58. The van der Waals surface area contributed by atoms with Gasteiger partial charge in [-0.2, -0.15) is 37.9 Å². The number of carboxylic acids is 1. The fourth-order valence-corrected chi connectivity index (χ4v) is 2.98. The van der Waals surface area contributed by atoms with Gasteiger partial charge in [0.15, 0.2) is 0 Å². The van der Waals surface area contributed by atoms with E-state index >= 15 is 0 Å². The lowest BCUT2D eigenvalue weighted by molar-refractivity contribution is -0.154. The van der Waals surface area contributed by atoms with E-state index in [1.54, 1.807) is 0 Å². The summed E-state index contributed by atoms with van der Waals surface area (Å²) in [6.45, 7) is 1.96. The molecule has 0 saturated heterocycles. The van der Waals surface area contributed by atoms with Gasteiger partial charge in [-0.1, -0.05) is 6.92 Å². The molecule has 1 N–H and O–H groups in total. The van der Waals surface area contributed by atoms with Gasteiger partial charge in [-0.05, 0) is 12.8 Å². The number of carbonyl (C=O) groups excluding carboxylic acids is 2. The Morgan fingerprint density at radius 1 is 1.04 bits per heavy atom. The van der Waals surface area contributed by atoms with Gasteiger partial charge in [0.05, 0.1) is 19.3 Å². The molecule has 0 aromatic heterocycles. The molecule has 1 unspecified atom stereocenters. The minimum Gasteiger partial charge on any atom is -0.481 e. The fraction of sp³-hybridized carbons (Fsp3) is 0.800. The van der Waals surface area contributed by atoms with Crippen molar-refractivity contribution in [3.8, 4) is 0 Å². The average molecular weight is 399 g/mol. The van der Waals surface area contributed by atoms with Crippen LogP contribution in [0.3, 0.4) is 0 Å². The smallest absolute Gasteiger partial charge is 0.306 e. The summed E-state index contributed by atoms with van der Waals surface area (Å²) in [6.07, 6.45) is 1.14. The van der Waals surface area contributed by atoms with Crippen LogP contribution in [-0.2, 0) is 23.9 Å². The first-order valence-corrected chi connectivity index (χ1v) is 9.49. The van der Waals surface area contributed by atoms with Crippen LogP contribution < -0.4 is 0 Å². The molecule has 0 amide bonds. The van der Waals surface area contributed by atoms with Crippen LogP contribution in [0.15, 0.2) is 0 Å². The highest BCUT2D eigenvalue weighted by Crippen LogP contribution is 2.32. The third-order valence-corrected chi connectivity index (χ3v) is 4.35. The van der Waals surface area contributed by atoms with Crippen LogP contribution in [0.4, 0.5) is 0 Å². The largest absolute Gasteiger partial charge is 0.481 e. The first-order valence-electron chi connectivity index (χ1n) is 7.71. The highest BCUT2D eigenvalue weighted by Gasteiger charge is 2.34. The molecule has 140 valence electrons. The standard InChI is InChI=1S/C15H26O6S3/c1-2-15(8-11(24)7-12(16)17,9-20-13(18)3-5-22)10-21-14(19)4-6-23/h11,22-24H,2-10H2,1H3,(H,16,17). The monoisotopic (exact) mass is 398 g/mol. The van der Waals surface area contributed by atoms with Crippen LogP contribution in [0.25, 0.3) is 0 Å². The lowest BCUT2D eigenvalue weighted by Crippen LogP contribution is -2.37. The maximum Gasteiger partial charge on any atom is 0.306 e. The predicted molar refractivity (Wildman–Crippen MR) is 101 cm³/mol. The highest BCUT2D eigenvalue weighted by atomic mass is 32.1. The van der Waals surface area contributed by atoms with Gasteiger partial charge < -0.3 is 14.6 Å². The van der Waals surface area contributed by atoms with E-state index in [2.05, 4.69) is 37.9 Å². The molecule has 0 aromatic carbocycles. The zero-order chi connectivity index (χ0) is 18.6. The van der Waals surface area contributed by atoms with Crippen molar-refractivity contribution in [3.63, 3.8) is 0 Å². The first kappa shape index (κ1) is 23.5. The number of hydrogen-bond donors (Lipinski definition) is 4. The summed E-state index contributed by atoms with van der Waals surface area (Å²) in [7, 11) is 0.